The summed E-state index contributed by atoms with van der Waals surface area (Å²) in [4.78, 5) is 3.28. The van der Waals surface area contributed by atoms with Crippen molar-refractivity contribution in [1.29, 1.82) is 0 Å². The van der Waals surface area contributed by atoms with Crippen molar-refractivity contribution >= 4 is 22.4 Å². The minimum Gasteiger partial charge on any atom is -0.360 e. The Morgan fingerprint density at radius 1 is 0.905 bits per heavy atom. The third-order valence-corrected chi connectivity index (χ3v) is 3.50. The van der Waals surface area contributed by atoms with E-state index in [0.717, 1.165) is 28.3 Å². The van der Waals surface area contributed by atoms with E-state index < -0.39 is 0 Å². The van der Waals surface area contributed by atoms with E-state index in [1.807, 2.05) is 54.7 Å². The Labute approximate surface area is 121 Å². The highest BCUT2D eigenvalue weighted by Crippen LogP contribution is 2.28. The van der Waals surface area contributed by atoms with Crippen LogP contribution in [-0.2, 0) is 0 Å². The highest BCUT2D eigenvalue weighted by molar-refractivity contribution is 5.94. The van der Waals surface area contributed by atoms with E-state index in [1.165, 1.54) is 5.39 Å². The Bertz CT molecular complexity index is 874. The summed E-state index contributed by atoms with van der Waals surface area (Å²) >= 11 is 0. The number of para-hydroxylation sites is 2. The first-order valence-corrected chi connectivity index (χ1v) is 6.84. The number of nitrogens with one attached hydrogen (secondary N) is 3. The first-order valence-electron chi connectivity index (χ1n) is 6.84. The molecule has 0 fully saturated rings. The highest BCUT2D eigenvalue weighted by Gasteiger charge is 2.08. The molecule has 0 amide bonds. The normalized spacial score (nSPS) is 10.9. The Kier molecular flexibility index (Phi) is 2.71. The minimum absolute atomic E-state index is 0.807. The second-order valence-electron chi connectivity index (χ2n) is 4.91. The van der Waals surface area contributed by atoms with Gasteiger partial charge in [-0.05, 0) is 18.2 Å². The maximum atomic E-state index is 4.32. The summed E-state index contributed by atoms with van der Waals surface area (Å²) in [6.45, 7) is 0. The molecule has 4 aromatic rings. The summed E-state index contributed by atoms with van der Waals surface area (Å²) in [5, 5.41) is 11.9. The lowest BCUT2D eigenvalue weighted by Gasteiger charge is -2.00. The second kappa shape index (κ2) is 4.83. The van der Waals surface area contributed by atoms with Gasteiger partial charge in [-0.3, -0.25) is 5.10 Å². The van der Waals surface area contributed by atoms with Gasteiger partial charge in [0.2, 0.25) is 0 Å². The summed E-state index contributed by atoms with van der Waals surface area (Å²) in [5.74, 6) is 0.807. The van der Waals surface area contributed by atoms with Crippen LogP contribution in [0.3, 0.4) is 0 Å². The minimum atomic E-state index is 0.807. The lowest BCUT2D eigenvalue weighted by atomic mass is 10.1. The third-order valence-electron chi connectivity index (χ3n) is 3.50. The summed E-state index contributed by atoms with van der Waals surface area (Å²) in [6.07, 6.45) is 2.00. The smallest absolute Gasteiger partial charge is 0.152 e. The number of aromatic amines is 2. The van der Waals surface area contributed by atoms with Crippen LogP contribution in [0.4, 0.5) is 11.5 Å². The molecule has 0 bridgehead atoms. The molecule has 2 aromatic heterocycles. The molecular formula is C17H14N4. The lowest BCUT2D eigenvalue weighted by molar-refractivity contribution is 1.10. The summed E-state index contributed by atoms with van der Waals surface area (Å²) in [6, 6.07) is 20.3. The second-order valence-corrected chi connectivity index (χ2v) is 4.91. The molecule has 4 nitrogen and oxygen atoms in total. The van der Waals surface area contributed by atoms with Gasteiger partial charge in [-0.2, -0.15) is 5.10 Å². The van der Waals surface area contributed by atoms with Gasteiger partial charge in [-0.1, -0.05) is 36.4 Å². The van der Waals surface area contributed by atoms with Crippen molar-refractivity contribution in [2.24, 2.45) is 0 Å². The predicted molar refractivity (Wildman–Crippen MR) is 85.6 cm³/mol. The molecule has 0 aliphatic carbocycles. The lowest BCUT2D eigenvalue weighted by Crippen LogP contribution is -1.88. The molecule has 3 N–H and O–H groups in total. The van der Waals surface area contributed by atoms with Gasteiger partial charge in [0.05, 0.1) is 5.69 Å². The number of rotatable bonds is 3. The fourth-order valence-electron chi connectivity index (χ4n) is 2.49. The number of anilines is 2. The molecule has 2 heterocycles. The van der Waals surface area contributed by atoms with Crippen molar-refractivity contribution in [2.75, 3.05) is 5.32 Å². The molecule has 4 heteroatoms. The van der Waals surface area contributed by atoms with Crippen LogP contribution in [0.1, 0.15) is 0 Å². The van der Waals surface area contributed by atoms with Crippen molar-refractivity contribution in [3.8, 4) is 11.3 Å². The maximum Gasteiger partial charge on any atom is 0.152 e. The van der Waals surface area contributed by atoms with Gasteiger partial charge in [-0.25, -0.2) is 0 Å². The Morgan fingerprint density at radius 3 is 2.62 bits per heavy atom. The van der Waals surface area contributed by atoms with Crippen molar-refractivity contribution in [3.05, 3.63) is 66.9 Å². The van der Waals surface area contributed by atoms with Crippen LogP contribution in [0.2, 0.25) is 0 Å². The van der Waals surface area contributed by atoms with E-state index in [0.29, 0.717) is 0 Å². The number of hydrogen-bond donors (Lipinski definition) is 3. The molecule has 0 aliphatic heterocycles. The highest BCUT2D eigenvalue weighted by atomic mass is 15.2. The van der Waals surface area contributed by atoms with Crippen molar-refractivity contribution < 1.29 is 0 Å². The fourth-order valence-corrected chi connectivity index (χ4v) is 2.49. The van der Waals surface area contributed by atoms with Crippen LogP contribution in [0, 0.1) is 0 Å². The van der Waals surface area contributed by atoms with E-state index in [4.69, 9.17) is 0 Å². The number of hydrogen-bond acceptors (Lipinski definition) is 2. The predicted octanol–water partition coefficient (Wildman–Crippen LogP) is 4.30. The van der Waals surface area contributed by atoms with Crippen LogP contribution in [0.15, 0.2) is 66.9 Å². The van der Waals surface area contributed by atoms with Gasteiger partial charge in [0.25, 0.3) is 0 Å². The molecule has 2 aromatic carbocycles. The van der Waals surface area contributed by atoms with Crippen molar-refractivity contribution in [3.63, 3.8) is 0 Å². The first kappa shape index (κ1) is 11.8. The van der Waals surface area contributed by atoms with Gasteiger partial charge < -0.3 is 10.3 Å². The molecule has 102 valence electrons. The number of nitrogens with zero attached hydrogens (tertiary/aromatic N) is 1. The van der Waals surface area contributed by atoms with E-state index in [1.54, 1.807) is 0 Å². The van der Waals surface area contributed by atoms with E-state index in [2.05, 4.69) is 32.6 Å². The van der Waals surface area contributed by atoms with E-state index in [9.17, 15) is 0 Å². The largest absolute Gasteiger partial charge is 0.360 e. The molecule has 21 heavy (non-hydrogen) atoms. The van der Waals surface area contributed by atoms with Gasteiger partial charge in [0, 0.05) is 34.4 Å². The Balaban J connectivity index is 1.68. The molecule has 0 radical (unpaired) electrons. The molecule has 0 atom stereocenters. The van der Waals surface area contributed by atoms with Gasteiger partial charge in [-0.15, -0.1) is 0 Å². The van der Waals surface area contributed by atoms with Crippen LogP contribution in [0.25, 0.3) is 22.2 Å². The van der Waals surface area contributed by atoms with E-state index >= 15 is 0 Å². The molecule has 0 spiro atoms. The molecule has 4 rings (SSSR count). The van der Waals surface area contributed by atoms with Crippen molar-refractivity contribution in [2.45, 2.75) is 0 Å². The monoisotopic (exact) mass is 274 g/mol. The molecule has 0 aliphatic rings. The topological polar surface area (TPSA) is 56.5 Å². The van der Waals surface area contributed by atoms with Crippen molar-refractivity contribution in [1.82, 2.24) is 15.2 Å². The standard InChI is InChI=1S/C17H14N4/c1-2-6-12(7-3-1)19-17-10-16(20-21-17)14-11-18-15-9-5-4-8-13(14)15/h1-11,18H,(H2,19,20,21). The maximum absolute atomic E-state index is 4.32. The summed E-state index contributed by atoms with van der Waals surface area (Å²) in [7, 11) is 0. The quantitative estimate of drug-likeness (QED) is 0.521. The van der Waals surface area contributed by atoms with Crippen LogP contribution in [0.5, 0.6) is 0 Å². The first-order chi connectivity index (χ1) is 10.4. The number of benzene rings is 2. The SMILES string of the molecule is c1ccc(Nc2cc(-c3c[nH]c4ccccc34)[nH]n2)cc1. The molecular weight excluding hydrogens is 260 g/mol. The van der Waals surface area contributed by atoms with Crippen LogP contribution in [-0.4, -0.2) is 15.2 Å². The van der Waals surface area contributed by atoms with Crippen LogP contribution < -0.4 is 5.32 Å². The fraction of sp³-hybridized carbons (Fsp3) is 0. The van der Waals surface area contributed by atoms with E-state index in [-0.39, 0.29) is 0 Å². The summed E-state index contributed by atoms with van der Waals surface area (Å²) in [5.41, 5.74) is 4.26. The number of aromatic nitrogens is 3. The van der Waals surface area contributed by atoms with Gasteiger partial charge >= 0.3 is 0 Å². The molecule has 0 saturated carbocycles. The molecule has 0 saturated heterocycles. The zero-order valence-electron chi connectivity index (χ0n) is 11.3. The number of H-pyrrole nitrogens is 2. The van der Waals surface area contributed by atoms with Gasteiger partial charge in [0.1, 0.15) is 0 Å². The summed E-state index contributed by atoms with van der Waals surface area (Å²) < 4.78 is 0. The Hall–Kier alpha value is -3.01. The Morgan fingerprint density at radius 2 is 1.71 bits per heavy atom. The average Bonchev–Trinajstić information content (AvgIpc) is 3.14. The van der Waals surface area contributed by atoms with Crippen LogP contribution >= 0.6 is 0 Å². The average molecular weight is 274 g/mol. The van der Waals surface area contributed by atoms with Gasteiger partial charge in [0.15, 0.2) is 5.82 Å². The zero-order chi connectivity index (χ0) is 14.1. The zero-order valence-corrected chi connectivity index (χ0v) is 11.3. The third kappa shape index (κ3) is 2.17. The molecule has 0 unspecified atom stereocenters. The number of fused-ring (bicyclic) bond motifs is 1.